The zero-order valence-electron chi connectivity index (χ0n) is 26.3. The number of anilines is 1. The maximum atomic E-state index is 14.9. The molecule has 0 saturated carbocycles. The van der Waals surface area contributed by atoms with Gasteiger partial charge in [0, 0.05) is 29.1 Å². The number of benzene rings is 2. The fraction of sp³-hybridized carbons (Fsp3) is 0.472. The summed E-state index contributed by atoms with van der Waals surface area (Å²) >= 11 is 1.65. The second-order valence-electron chi connectivity index (χ2n) is 13.5. The second kappa shape index (κ2) is 12.2. The molecule has 3 heterocycles. The number of carbonyl (C=O) groups excluding carboxylic acids is 3. The van der Waals surface area contributed by atoms with E-state index in [0.717, 1.165) is 11.3 Å². The van der Waals surface area contributed by atoms with Gasteiger partial charge in [-0.2, -0.15) is 0 Å². The van der Waals surface area contributed by atoms with Gasteiger partial charge < -0.3 is 19.8 Å². The summed E-state index contributed by atoms with van der Waals surface area (Å²) in [5.41, 5.74) is 1.19. The minimum Gasteiger partial charge on any atom is -0.394 e. The van der Waals surface area contributed by atoms with Gasteiger partial charge in [-0.3, -0.25) is 14.4 Å². The van der Waals surface area contributed by atoms with Crippen molar-refractivity contribution < 1.29 is 19.5 Å². The highest BCUT2D eigenvalue weighted by atomic mass is 32.2. The van der Waals surface area contributed by atoms with E-state index >= 15 is 0 Å². The Bertz CT molecular complexity index is 1410. The molecule has 3 amide bonds. The van der Waals surface area contributed by atoms with Crippen LogP contribution in [0.15, 0.2) is 86.0 Å². The van der Waals surface area contributed by atoms with Crippen LogP contribution in [-0.2, 0) is 20.8 Å². The Kier molecular flexibility index (Phi) is 8.89. The molecule has 0 aromatic heterocycles. The molecular formula is C36H45N3O4S. The number of hydrogen-bond donors (Lipinski definition) is 1. The van der Waals surface area contributed by atoms with Gasteiger partial charge >= 0.3 is 0 Å². The van der Waals surface area contributed by atoms with Crippen LogP contribution in [0.4, 0.5) is 5.69 Å². The molecule has 6 atom stereocenters. The van der Waals surface area contributed by atoms with Crippen molar-refractivity contribution in [2.75, 3.05) is 24.6 Å². The normalized spacial score (nSPS) is 28.0. The molecule has 2 aromatic carbocycles. The smallest absolute Gasteiger partial charge is 0.247 e. The van der Waals surface area contributed by atoms with Crippen molar-refractivity contribution in [3.63, 3.8) is 0 Å². The Morgan fingerprint density at radius 2 is 1.64 bits per heavy atom. The summed E-state index contributed by atoms with van der Waals surface area (Å²) < 4.78 is -1.32. The summed E-state index contributed by atoms with van der Waals surface area (Å²) in [6, 6.07) is 17.8. The number of aliphatic hydroxyl groups is 1. The number of carbonyl (C=O) groups is 3. The number of hydrogen-bond acceptors (Lipinski definition) is 5. The lowest BCUT2D eigenvalue weighted by atomic mass is 9.66. The van der Waals surface area contributed by atoms with Crippen LogP contribution in [-0.4, -0.2) is 79.4 Å². The molecule has 2 unspecified atom stereocenters. The molecule has 0 aliphatic carbocycles. The molecule has 234 valence electrons. The van der Waals surface area contributed by atoms with Crippen LogP contribution in [0.2, 0.25) is 0 Å². The van der Waals surface area contributed by atoms with Crippen LogP contribution in [0, 0.1) is 11.8 Å². The third-order valence-electron chi connectivity index (χ3n) is 9.67. The van der Waals surface area contributed by atoms with E-state index in [2.05, 4.69) is 20.1 Å². The van der Waals surface area contributed by atoms with Crippen LogP contribution < -0.4 is 4.90 Å². The number of likely N-dealkylation sites (tertiary alicyclic amines) is 1. The van der Waals surface area contributed by atoms with E-state index in [1.165, 1.54) is 0 Å². The van der Waals surface area contributed by atoms with E-state index in [-0.39, 0.29) is 24.3 Å². The van der Waals surface area contributed by atoms with Crippen LogP contribution in [0.3, 0.4) is 0 Å². The average molecular weight is 616 g/mol. The molecule has 3 aliphatic heterocycles. The SMILES string of the molecule is C=CCN(C(=O)[C@H]1[C@H]2C(=O)N([C@@H](CO)Cc3ccccc3)C(C(=O)N(CC=C)C(C)(C)C)C23CC[C@]1(C)S3)c1ccccc1. The van der Waals surface area contributed by atoms with Crippen LogP contribution >= 0.6 is 11.8 Å². The topological polar surface area (TPSA) is 81.2 Å². The fourth-order valence-corrected chi connectivity index (χ4v) is 10.1. The van der Waals surface area contributed by atoms with Gasteiger partial charge in [0.1, 0.15) is 6.04 Å². The number of thioether (sulfide) groups is 1. The Morgan fingerprint density at radius 3 is 2.20 bits per heavy atom. The largest absolute Gasteiger partial charge is 0.394 e. The first-order valence-corrected chi connectivity index (χ1v) is 16.3. The lowest BCUT2D eigenvalue weighted by Gasteiger charge is -2.43. The number of aliphatic hydroxyl groups excluding tert-OH is 1. The highest BCUT2D eigenvalue weighted by Gasteiger charge is 2.78. The molecular weight excluding hydrogens is 570 g/mol. The molecule has 3 aliphatic rings. The van der Waals surface area contributed by atoms with Crippen molar-refractivity contribution >= 4 is 35.2 Å². The van der Waals surface area contributed by atoms with Gasteiger partial charge in [-0.15, -0.1) is 24.9 Å². The number of fused-ring (bicyclic) bond motifs is 1. The van der Waals surface area contributed by atoms with Gasteiger partial charge in [-0.05, 0) is 64.7 Å². The van der Waals surface area contributed by atoms with Crippen molar-refractivity contribution in [2.45, 2.75) is 74.1 Å². The maximum absolute atomic E-state index is 14.9. The summed E-state index contributed by atoms with van der Waals surface area (Å²) in [5.74, 6) is -1.82. The summed E-state index contributed by atoms with van der Waals surface area (Å²) in [4.78, 5) is 49.6. The van der Waals surface area contributed by atoms with E-state index in [4.69, 9.17) is 0 Å². The minimum absolute atomic E-state index is 0.124. The number of nitrogens with zero attached hydrogens (tertiary/aromatic N) is 3. The molecule has 7 nitrogen and oxygen atoms in total. The predicted molar refractivity (Wildman–Crippen MR) is 177 cm³/mol. The molecule has 2 aromatic rings. The van der Waals surface area contributed by atoms with Crippen LogP contribution in [0.5, 0.6) is 0 Å². The van der Waals surface area contributed by atoms with Crippen molar-refractivity contribution in [1.82, 2.24) is 9.80 Å². The molecule has 1 spiro atoms. The minimum atomic E-state index is -0.825. The van der Waals surface area contributed by atoms with Crippen molar-refractivity contribution in [1.29, 1.82) is 0 Å². The van der Waals surface area contributed by atoms with Gasteiger partial charge in [0.05, 0.1) is 29.2 Å². The Morgan fingerprint density at radius 1 is 1.02 bits per heavy atom. The Labute approximate surface area is 266 Å². The molecule has 1 N–H and O–H groups in total. The molecule has 8 heteroatoms. The van der Waals surface area contributed by atoms with Crippen molar-refractivity contribution in [2.24, 2.45) is 11.8 Å². The second-order valence-corrected chi connectivity index (χ2v) is 15.4. The van der Waals surface area contributed by atoms with Gasteiger partial charge in [0.25, 0.3) is 0 Å². The van der Waals surface area contributed by atoms with Crippen molar-refractivity contribution in [3.05, 3.63) is 91.5 Å². The van der Waals surface area contributed by atoms with Gasteiger partial charge in [0.2, 0.25) is 17.7 Å². The standard InChI is InChI=1S/C36H45N3O4S/c1-7-21-37(26-17-13-10-14-18-26)31(41)28-29-32(42)39(27(24-40)23-25-15-11-9-12-16-25)30(36(29)20-19-35(28,6)44-36)33(43)38(22-8-2)34(3,4)5/h7-18,27-30,40H,1-2,19-24H2,3-6H3/t27-,28-,29+,30?,35+,36?/m1/s1. The molecule has 3 saturated heterocycles. The average Bonchev–Trinajstić information content (AvgIpc) is 3.57. The zero-order chi connectivity index (χ0) is 31.9. The first-order chi connectivity index (χ1) is 20.9. The molecule has 5 rings (SSSR count). The van der Waals surface area contributed by atoms with Gasteiger partial charge in [0.15, 0.2) is 0 Å². The molecule has 2 bridgehead atoms. The lowest BCUT2D eigenvalue weighted by molar-refractivity contribution is -0.148. The third kappa shape index (κ3) is 5.30. The summed E-state index contributed by atoms with van der Waals surface area (Å²) in [7, 11) is 0. The van der Waals surface area contributed by atoms with Gasteiger partial charge in [-0.1, -0.05) is 60.7 Å². The first kappa shape index (κ1) is 32.0. The van der Waals surface area contributed by atoms with E-state index < -0.39 is 39.0 Å². The first-order valence-electron chi connectivity index (χ1n) is 15.5. The lowest BCUT2D eigenvalue weighted by Crippen LogP contribution is -2.61. The number of rotatable bonds is 11. The Balaban J connectivity index is 1.64. The highest BCUT2D eigenvalue weighted by Crippen LogP contribution is 2.72. The van der Waals surface area contributed by atoms with Gasteiger partial charge in [-0.25, -0.2) is 0 Å². The summed E-state index contributed by atoms with van der Waals surface area (Å²) in [5, 5.41) is 10.8. The molecule has 44 heavy (non-hydrogen) atoms. The summed E-state index contributed by atoms with van der Waals surface area (Å²) in [6.07, 6.45) is 5.18. The fourth-order valence-electron chi connectivity index (χ4n) is 7.75. The number of para-hydroxylation sites is 1. The zero-order valence-corrected chi connectivity index (χ0v) is 27.1. The quantitative estimate of drug-likeness (QED) is 0.356. The number of amides is 3. The maximum Gasteiger partial charge on any atom is 0.247 e. The van der Waals surface area contributed by atoms with E-state index in [1.807, 2.05) is 81.4 Å². The van der Waals surface area contributed by atoms with Crippen molar-refractivity contribution in [3.8, 4) is 0 Å². The monoisotopic (exact) mass is 615 g/mol. The Hall–Kier alpha value is -3.36. The third-order valence-corrected chi connectivity index (χ3v) is 11.7. The van der Waals surface area contributed by atoms with Crippen LogP contribution in [0.25, 0.3) is 0 Å². The predicted octanol–water partition coefficient (Wildman–Crippen LogP) is 5.10. The highest BCUT2D eigenvalue weighted by molar-refractivity contribution is 8.02. The van der Waals surface area contributed by atoms with E-state index in [0.29, 0.717) is 32.4 Å². The molecule has 3 fully saturated rings. The molecule has 0 radical (unpaired) electrons. The van der Waals surface area contributed by atoms with E-state index in [1.54, 1.807) is 38.6 Å². The van der Waals surface area contributed by atoms with E-state index in [9.17, 15) is 19.5 Å². The van der Waals surface area contributed by atoms with Crippen LogP contribution in [0.1, 0.15) is 46.1 Å². The summed E-state index contributed by atoms with van der Waals surface area (Å²) in [6.45, 7) is 16.2.